The average molecular weight is 583 g/mol. The summed E-state index contributed by atoms with van der Waals surface area (Å²) in [4.78, 5) is 43.9. The van der Waals surface area contributed by atoms with Gasteiger partial charge in [0.1, 0.15) is 11.7 Å². The van der Waals surface area contributed by atoms with Crippen molar-refractivity contribution in [1.29, 1.82) is 0 Å². The lowest BCUT2D eigenvalue weighted by atomic mass is 9.76. The molecule has 0 spiro atoms. The summed E-state index contributed by atoms with van der Waals surface area (Å²) < 4.78 is 43.3. The molecule has 0 radical (unpaired) electrons. The number of amides is 2. The molecule has 6 rings (SSSR count). The summed E-state index contributed by atoms with van der Waals surface area (Å²) in [7, 11) is 0. The van der Waals surface area contributed by atoms with Crippen molar-refractivity contribution >= 4 is 34.8 Å². The van der Waals surface area contributed by atoms with Crippen molar-refractivity contribution in [2.45, 2.75) is 32.2 Å². The summed E-state index contributed by atoms with van der Waals surface area (Å²) >= 11 is 5.80. The third-order valence-electron chi connectivity index (χ3n) is 7.50. The quantitative estimate of drug-likeness (QED) is 0.322. The van der Waals surface area contributed by atoms with Gasteiger partial charge in [-0.3, -0.25) is 19.3 Å². The van der Waals surface area contributed by atoms with Crippen molar-refractivity contribution in [1.82, 2.24) is 29.7 Å². The molecule has 1 aromatic carbocycles. The minimum Gasteiger partial charge on any atom is -0.318 e. The van der Waals surface area contributed by atoms with E-state index >= 15 is 0 Å². The fourth-order valence-corrected chi connectivity index (χ4v) is 5.25. The highest BCUT2D eigenvalue weighted by atomic mass is 35.5. The van der Waals surface area contributed by atoms with Crippen LogP contribution in [0, 0.1) is 17.7 Å². The molecule has 1 saturated heterocycles. The number of aromatic nitrogens is 6. The minimum absolute atomic E-state index is 0.118. The summed E-state index contributed by atoms with van der Waals surface area (Å²) in [5.74, 6) is -0.673. The van der Waals surface area contributed by atoms with Crippen LogP contribution in [0.4, 0.5) is 24.5 Å². The summed E-state index contributed by atoms with van der Waals surface area (Å²) in [6, 6.07) is 1.63. The minimum atomic E-state index is -3.00. The maximum absolute atomic E-state index is 14.7. The van der Waals surface area contributed by atoms with Gasteiger partial charge in [0, 0.05) is 29.8 Å². The van der Waals surface area contributed by atoms with Crippen molar-refractivity contribution in [2.75, 3.05) is 16.8 Å². The highest BCUT2D eigenvalue weighted by Gasteiger charge is 2.46. The molecular formula is C27H22ClF3N8O2. The normalized spacial score (nSPS) is 18.8. The van der Waals surface area contributed by atoms with E-state index < -0.39 is 35.3 Å². The molecule has 1 aliphatic heterocycles. The van der Waals surface area contributed by atoms with Gasteiger partial charge in [0.15, 0.2) is 11.6 Å². The number of rotatable bonds is 7. The van der Waals surface area contributed by atoms with E-state index in [4.69, 9.17) is 11.6 Å². The third-order valence-corrected chi connectivity index (χ3v) is 7.79. The first-order valence-electron chi connectivity index (χ1n) is 12.8. The van der Waals surface area contributed by atoms with E-state index in [1.807, 2.05) is 6.92 Å². The van der Waals surface area contributed by atoms with E-state index in [-0.39, 0.29) is 28.2 Å². The number of hydrogen-bond acceptors (Lipinski definition) is 7. The van der Waals surface area contributed by atoms with Crippen molar-refractivity contribution in [2.24, 2.45) is 11.8 Å². The number of nitrogens with one attached hydrogen (secondary N) is 1. The number of alkyl halides is 2. The van der Waals surface area contributed by atoms with Gasteiger partial charge in [-0.15, -0.1) is 0 Å². The van der Waals surface area contributed by atoms with E-state index in [1.54, 1.807) is 28.2 Å². The zero-order chi connectivity index (χ0) is 28.8. The molecule has 4 heterocycles. The number of halogens is 4. The van der Waals surface area contributed by atoms with Gasteiger partial charge in [-0.05, 0) is 31.7 Å². The van der Waals surface area contributed by atoms with Gasteiger partial charge in [-0.25, -0.2) is 28.1 Å². The van der Waals surface area contributed by atoms with Crippen LogP contribution in [0.25, 0.3) is 11.3 Å². The Labute approximate surface area is 236 Å². The number of fused-ring (bicyclic) bond motifs is 1. The number of carbonyl (C=O) groups excluding carboxylic acids is 2. The van der Waals surface area contributed by atoms with Crippen molar-refractivity contribution in [3.8, 4) is 11.3 Å². The molecule has 3 aromatic heterocycles. The largest absolute Gasteiger partial charge is 0.318 e. The topological polar surface area (TPSA) is 119 Å². The van der Waals surface area contributed by atoms with Gasteiger partial charge in [0.05, 0.1) is 53.1 Å². The lowest BCUT2D eigenvalue weighted by Gasteiger charge is -2.25. The maximum Gasteiger partial charge on any atom is 0.275 e. The molecular weight excluding hydrogens is 561 g/mol. The second-order valence-electron chi connectivity index (χ2n) is 9.95. The fraction of sp³-hybridized carbons (Fsp3) is 0.296. The molecule has 2 aliphatic rings. The zero-order valence-electron chi connectivity index (χ0n) is 21.5. The first kappa shape index (κ1) is 26.8. The Balaban J connectivity index is 1.16. The molecule has 2 fully saturated rings. The molecule has 14 heteroatoms. The SMILES string of the molecule is CC(c1ncc(N2C[C@H]3CC[C@H]3C2=O)cn1)n1cc(NC(=O)c2cncc(-c3c(C(F)F)ccc(Cl)c3F)n2)cn1. The van der Waals surface area contributed by atoms with Crippen LogP contribution >= 0.6 is 11.6 Å². The maximum atomic E-state index is 14.7. The van der Waals surface area contributed by atoms with Crippen LogP contribution in [0.15, 0.2) is 49.3 Å². The fourth-order valence-electron chi connectivity index (χ4n) is 5.09. The van der Waals surface area contributed by atoms with E-state index in [9.17, 15) is 22.8 Å². The molecule has 4 aromatic rings. The Hall–Kier alpha value is -4.39. The van der Waals surface area contributed by atoms with Crippen LogP contribution in [-0.4, -0.2) is 48.1 Å². The second kappa shape index (κ2) is 10.5. The summed E-state index contributed by atoms with van der Waals surface area (Å²) in [5, 5.41) is 6.52. The Morgan fingerprint density at radius 3 is 2.56 bits per heavy atom. The van der Waals surface area contributed by atoms with Crippen LogP contribution in [0.1, 0.15) is 54.1 Å². The molecule has 2 amide bonds. The van der Waals surface area contributed by atoms with E-state index in [2.05, 4.69) is 30.4 Å². The van der Waals surface area contributed by atoms with Gasteiger partial charge in [0.2, 0.25) is 5.91 Å². The van der Waals surface area contributed by atoms with Gasteiger partial charge in [-0.1, -0.05) is 17.7 Å². The van der Waals surface area contributed by atoms with E-state index in [1.165, 1.54) is 6.20 Å². The second-order valence-corrected chi connectivity index (χ2v) is 10.4. The number of carbonyl (C=O) groups is 2. The monoisotopic (exact) mass is 582 g/mol. The summed E-state index contributed by atoms with van der Waals surface area (Å²) in [5.41, 5.74) is -0.665. The molecule has 1 saturated carbocycles. The van der Waals surface area contributed by atoms with Gasteiger partial charge in [-0.2, -0.15) is 5.10 Å². The molecule has 1 unspecified atom stereocenters. The summed E-state index contributed by atoms with van der Waals surface area (Å²) in [6.45, 7) is 2.52. The first-order chi connectivity index (χ1) is 19.7. The highest BCUT2D eigenvalue weighted by molar-refractivity contribution is 6.31. The van der Waals surface area contributed by atoms with Crippen LogP contribution in [0.2, 0.25) is 5.02 Å². The lowest BCUT2D eigenvalue weighted by molar-refractivity contribution is -0.123. The van der Waals surface area contributed by atoms with Crippen LogP contribution < -0.4 is 10.2 Å². The molecule has 41 heavy (non-hydrogen) atoms. The third kappa shape index (κ3) is 4.90. The molecule has 1 N–H and O–H groups in total. The Kier molecular flexibility index (Phi) is 6.89. The van der Waals surface area contributed by atoms with E-state index in [0.717, 1.165) is 37.4 Å². The number of benzene rings is 1. The Bertz CT molecular complexity index is 1650. The molecule has 3 atom stereocenters. The summed E-state index contributed by atoms with van der Waals surface area (Å²) in [6.07, 6.45) is 7.43. The number of anilines is 2. The molecule has 10 nitrogen and oxygen atoms in total. The number of nitrogens with zero attached hydrogens (tertiary/aromatic N) is 7. The molecule has 210 valence electrons. The van der Waals surface area contributed by atoms with Gasteiger partial charge in [0.25, 0.3) is 12.3 Å². The van der Waals surface area contributed by atoms with Crippen LogP contribution in [0.5, 0.6) is 0 Å². The van der Waals surface area contributed by atoms with Crippen molar-refractivity contribution in [3.63, 3.8) is 0 Å². The van der Waals surface area contributed by atoms with Gasteiger partial charge >= 0.3 is 0 Å². The van der Waals surface area contributed by atoms with E-state index in [0.29, 0.717) is 29.7 Å². The predicted molar refractivity (Wildman–Crippen MR) is 142 cm³/mol. The molecule has 1 aliphatic carbocycles. The van der Waals surface area contributed by atoms with Crippen molar-refractivity contribution in [3.05, 3.63) is 77.2 Å². The Morgan fingerprint density at radius 1 is 1.12 bits per heavy atom. The average Bonchev–Trinajstić information content (AvgIpc) is 3.50. The first-order valence-corrected chi connectivity index (χ1v) is 13.2. The predicted octanol–water partition coefficient (Wildman–Crippen LogP) is 5.09. The van der Waals surface area contributed by atoms with Gasteiger partial charge < -0.3 is 10.2 Å². The lowest BCUT2D eigenvalue weighted by Crippen LogP contribution is -2.28. The van der Waals surface area contributed by atoms with Crippen molar-refractivity contribution < 1.29 is 22.8 Å². The van der Waals surface area contributed by atoms with Crippen LogP contribution in [-0.2, 0) is 4.79 Å². The smallest absolute Gasteiger partial charge is 0.275 e. The zero-order valence-corrected chi connectivity index (χ0v) is 22.3. The Morgan fingerprint density at radius 2 is 1.90 bits per heavy atom. The highest BCUT2D eigenvalue weighted by Crippen LogP contribution is 2.43. The molecule has 0 bridgehead atoms. The standard InChI is InChI=1S/C27H22ClF3N8O2/c1-13(25-33-7-16(8-34-25)38-11-14-2-3-17(14)27(38)41)39-12-15(6-35-39)36-26(40)21-10-32-9-20(37-21)22-18(24(30)31)4-5-19(28)23(22)29/h4-10,12-14,17,24H,2-3,11H2,1H3,(H,36,40)/t13?,14-,17-/m1/s1. The van der Waals surface area contributed by atoms with Crippen LogP contribution in [0.3, 0.4) is 0 Å². The number of hydrogen-bond donors (Lipinski definition) is 1.